The molecule has 57 heavy (non-hydrogen) atoms. The van der Waals surface area contributed by atoms with Gasteiger partial charge in [-0.3, -0.25) is 14.4 Å². The smallest absolute Gasteiger partial charge is 0.306 e. The number of unbranched alkanes of at least 4 members (excludes halogenated alkanes) is 29. The van der Waals surface area contributed by atoms with Gasteiger partial charge in [-0.1, -0.05) is 240 Å². The zero-order chi connectivity index (χ0) is 41.9. The highest BCUT2D eigenvalue weighted by Gasteiger charge is 2.19. The Hall–Kier alpha value is -1.59. The Balaban J connectivity index is 4.06. The van der Waals surface area contributed by atoms with Gasteiger partial charge >= 0.3 is 17.9 Å². The predicted octanol–water partition coefficient (Wildman–Crippen LogP) is 16.1. The molecule has 0 radical (unpaired) electrons. The first-order chi connectivity index (χ1) is 27.8. The molecule has 338 valence electrons. The summed E-state index contributed by atoms with van der Waals surface area (Å²) >= 11 is 0. The quantitative estimate of drug-likeness (QED) is 0.0346. The first kappa shape index (κ1) is 55.4. The summed E-state index contributed by atoms with van der Waals surface area (Å²) in [6, 6.07) is 0. The number of hydrogen-bond acceptors (Lipinski definition) is 6. The molecule has 0 aliphatic carbocycles. The molecule has 6 nitrogen and oxygen atoms in total. The van der Waals surface area contributed by atoms with Gasteiger partial charge < -0.3 is 14.2 Å². The van der Waals surface area contributed by atoms with Crippen LogP contribution in [-0.4, -0.2) is 37.2 Å². The minimum atomic E-state index is -0.759. The van der Waals surface area contributed by atoms with E-state index in [1.165, 1.54) is 161 Å². The van der Waals surface area contributed by atoms with E-state index in [0.29, 0.717) is 19.3 Å². The maximum absolute atomic E-state index is 12.7. The molecule has 0 bridgehead atoms. The summed E-state index contributed by atoms with van der Waals surface area (Å²) in [6.45, 7) is 11.3. The van der Waals surface area contributed by atoms with Crippen molar-refractivity contribution < 1.29 is 28.6 Å². The maximum Gasteiger partial charge on any atom is 0.306 e. The van der Waals surface area contributed by atoms with Crippen molar-refractivity contribution in [2.45, 2.75) is 285 Å². The fraction of sp³-hybridized carbons (Fsp3) is 0.941. The van der Waals surface area contributed by atoms with Crippen LogP contribution in [0.2, 0.25) is 0 Å². The van der Waals surface area contributed by atoms with Gasteiger partial charge in [0.2, 0.25) is 0 Å². The van der Waals surface area contributed by atoms with Gasteiger partial charge in [0, 0.05) is 19.3 Å². The third kappa shape index (κ3) is 43.8. The Labute approximate surface area is 355 Å². The second-order valence-electron chi connectivity index (χ2n) is 18.2. The topological polar surface area (TPSA) is 78.9 Å². The van der Waals surface area contributed by atoms with Crippen molar-refractivity contribution in [3.8, 4) is 0 Å². The summed E-state index contributed by atoms with van der Waals surface area (Å²) in [5.74, 6) is 0.852. The van der Waals surface area contributed by atoms with E-state index in [0.717, 1.165) is 76.0 Å². The van der Waals surface area contributed by atoms with Crippen LogP contribution in [0.3, 0.4) is 0 Å². The minimum Gasteiger partial charge on any atom is -0.462 e. The van der Waals surface area contributed by atoms with E-state index in [9.17, 15) is 14.4 Å². The summed E-state index contributed by atoms with van der Waals surface area (Å²) in [6.07, 6.45) is 44.1. The molecule has 0 rings (SSSR count). The Morgan fingerprint density at radius 1 is 0.368 bits per heavy atom. The van der Waals surface area contributed by atoms with Gasteiger partial charge in [0.25, 0.3) is 0 Å². The second-order valence-corrected chi connectivity index (χ2v) is 18.2. The summed E-state index contributed by atoms with van der Waals surface area (Å²) in [4.78, 5) is 37.6. The van der Waals surface area contributed by atoms with Crippen LogP contribution in [0.1, 0.15) is 279 Å². The van der Waals surface area contributed by atoms with Crippen LogP contribution >= 0.6 is 0 Å². The molecule has 0 fully saturated rings. The van der Waals surface area contributed by atoms with Crippen LogP contribution in [-0.2, 0) is 28.6 Å². The summed E-state index contributed by atoms with van der Waals surface area (Å²) in [5, 5.41) is 0. The Bertz CT molecular complexity index is 872. The number of carbonyl (C=O) groups is 3. The molecule has 0 heterocycles. The van der Waals surface area contributed by atoms with Gasteiger partial charge in [0.05, 0.1) is 0 Å². The van der Waals surface area contributed by atoms with Gasteiger partial charge in [0.15, 0.2) is 6.10 Å². The molecule has 6 heteroatoms. The van der Waals surface area contributed by atoms with Crippen molar-refractivity contribution in [2.24, 2.45) is 11.8 Å². The molecule has 0 saturated heterocycles. The highest BCUT2D eigenvalue weighted by atomic mass is 16.6. The highest BCUT2D eigenvalue weighted by molar-refractivity contribution is 5.71. The lowest BCUT2D eigenvalue weighted by molar-refractivity contribution is -0.167. The third-order valence-corrected chi connectivity index (χ3v) is 11.8. The van der Waals surface area contributed by atoms with Crippen molar-refractivity contribution in [1.29, 1.82) is 0 Å². The largest absolute Gasteiger partial charge is 0.462 e. The van der Waals surface area contributed by atoms with E-state index in [4.69, 9.17) is 14.2 Å². The Morgan fingerprint density at radius 2 is 0.667 bits per heavy atom. The molecular weight excluding hydrogens is 709 g/mol. The standard InChI is InChI=1S/C51H98O6/c1-6-8-9-29-36-41-49(52)55-44-48(45-56-50(53)42-37-32-27-24-20-21-25-30-34-39-46(3)4)57-51(54)43-38-33-28-23-19-17-15-13-11-10-12-14-16-18-22-26-31-35-40-47(5)7-2/h46-48H,6-45H2,1-5H3/t47?,48-/m1/s1. The van der Waals surface area contributed by atoms with Gasteiger partial charge in [-0.05, 0) is 31.1 Å². The molecule has 0 aromatic heterocycles. The van der Waals surface area contributed by atoms with Crippen molar-refractivity contribution >= 4 is 17.9 Å². The van der Waals surface area contributed by atoms with Gasteiger partial charge in [-0.15, -0.1) is 0 Å². The minimum absolute atomic E-state index is 0.0655. The van der Waals surface area contributed by atoms with Gasteiger partial charge in [-0.25, -0.2) is 0 Å². The van der Waals surface area contributed by atoms with Gasteiger partial charge in [0.1, 0.15) is 13.2 Å². The predicted molar refractivity (Wildman–Crippen MR) is 243 cm³/mol. The van der Waals surface area contributed by atoms with E-state index in [-0.39, 0.29) is 31.1 Å². The fourth-order valence-electron chi connectivity index (χ4n) is 7.60. The number of ether oxygens (including phenoxy) is 3. The highest BCUT2D eigenvalue weighted by Crippen LogP contribution is 2.18. The number of hydrogen-bond donors (Lipinski definition) is 0. The molecule has 0 aromatic carbocycles. The molecule has 0 aliphatic rings. The van der Waals surface area contributed by atoms with Crippen molar-refractivity contribution in [3.05, 3.63) is 0 Å². The first-order valence-electron chi connectivity index (χ1n) is 25.3. The van der Waals surface area contributed by atoms with Crippen LogP contribution < -0.4 is 0 Å². The lowest BCUT2D eigenvalue weighted by atomic mass is 9.99. The van der Waals surface area contributed by atoms with E-state index in [1.807, 2.05) is 0 Å². The maximum atomic E-state index is 12.7. The van der Waals surface area contributed by atoms with Crippen LogP contribution in [0.15, 0.2) is 0 Å². The Kier molecular flexibility index (Phi) is 42.7. The van der Waals surface area contributed by atoms with E-state index in [1.54, 1.807) is 0 Å². The molecule has 0 amide bonds. The van der Waals surface area contributed by atoms with E-state index < -0.39 is 6.10 Å². The summed E-state index contributed by atoms with van der Waals surface area (Å²) < 4.78 is 16.7. The molecule has 1 unspecified atom stereocenters. The number of carbonyl (C=O) groups excluding carboxylic acids is 3. The van der Waals surface area contributed by atoms with Crippen LogP contribution in [0.25, 0.3) is 0 Å². The van der Waals surface area contributed by atoms with Crippen LogP contribution in [0, 0.1) is 11.8 Å². The monoisotopic (exact) mass is 807 g/mol. The molecule has 0 saturated carbocycles. The van der Waals surface area contributed by atoms with E-state index >= 15 is 0 Å². The SMILES string of the molecule is CCCCCCCC(=O)OC[C@H](COC(=O)CCCCCCCCCCCC(C)C)OC(=O)CCCCCCCCCCCCCCCCCCCCC(C)CC. The average Bonchev–Trinajstić information content (AvgIpc) is 3.19. The van der Waals surface area contributed by atoms with Crippen molar-refractivity contribution in [1.82, 2.24) is 0 Å². The molecule has 2 atom stereocenters. The fourth-order valence-corrected chi connectivity index (χ4v) is 7.60. The molecule has 0 N–H and O–H groups in total. The van der Waals surface area contributed by atoms with Crippen molar-refractivity contribution in [3.63, 3.8) is 0 Å². The van der Waals surface area contributed by atoms with E-state index in [2.05, 4.69) is 34.6 Å². The summed E-state index contributed by atoms with van der Waals surface area (Å²) in [5.41, 5.74) is 0. The molecule has 0 spiro atoms. The lowest BCUT2D eigenvalue weighted by Crippen LogP contribution is -2.30. The molecular formula is C51H98O6. The molecule has 0 aromatic rings. The zero-order valence-electron chi connectivity index (χ0n) is 39.0. The zero-order valence-corrected chi connectivity index (χ0v) is 39.0. The normalized spacial score (nSPS) is 12.5. The van der Waals surface area contributed by atoms with Crippen molar-refractivity contribution in [2.75, 3.05) is 13.2 Å². The number of esters is 3. The first-order valence-corrected chi connectivity index (χ1v) is 25.3. The third-order valence-electron chi connectivity index (χ3n) is 11.8. The van der Waals surface area contributed by atoms with Crippen LogP contribution in [0.4, 0.5) is 0 Å². The average molecular weight is 807 g/mol. The van der Waals surface area contributed by atoms with Crippen LogP contribution in [0.5, 0.6) is 0 Å². The summed E-state index contributed by atoms with van der Waals surface area (Å²) in [7, 11) is 0. The number of rotatable bonds is 45. The van der Waals surface area contributed by atoms with Gasteiger partial charge in [-0.2, -0.15) is 0 Å². The Morgan fingerprint density at radius 3 is 1.00 bits per heavy atom. The lowest BCUT2D eigenvalue weighted by Gasteiger charge is -2.18. The second kappa shape index (κ2) is 44.0. The molecule has 0 aliphatic heterocycles.